The van der Waals surface area contributed by atoms with E-state index in [9.17, 15) is 14.4 Å². The molecule has 1 fully saturated rings. The highest BCUT2D eigenvalue weighted by molar-refractivity contribution is 5.83. The van der Waals surface area contributed by atoms with Gasteiger partial charge in [0.1, 0.15) is 6.10 Å². The van der Waals surface area contributed by atoms with Gasteiger partial charge in [0, 0.05) is 13.6 Å². The number of aliphatic carboxylic acids is 1. The first-order valence-corrected chi connectivity index (χ1v) is 5.65. The molecule has 1 rings (SSSR count). The summed E-state index contributed by atoms with van der Waals surface area (Å²) in [4.78, 5) is 34.8. The maximum Gasteiger partial charge on any atom is 0.332 e. The normalized spacial score (nSPS) is 22.6. The monoisotopic (exact) mass is 259 g/mol. The number of esters is 1. The minimum absolute atomic E-state index is 0.105. The molecule has 1 N–H and O–H groups in total. The average molecular weight is 259 g/mol. The Hall–Kier alpha value is -1.63. The summed E-state index contributed by atoms with van der Waals surface area (Å²) in [5.74, 6) is -1.75. The summed E-state index contributed by atoms with van der Waals surface area (Å²) >= 11 is 0. The number of carboxylic acid groups (broad SMARTS) is 1. The van der Waals surface area contributed by atoms with E-state index in [2.05, 4.69) is 4.74 Å². The van der Waals surface area contributed by atoms with Crippen molar-refractivity contribution in [3.05, 3.63) is 0 Å². The van der Waals surface area contributed by atoms with Gasteiger partial charge in [0.2, 0.25) is 0 Å². The summed E-state index contributed by atoms with van der Waals surface area (Å²) in [7, 11) is 2.82. The Morgan fingerprint density at radius 1 is 1.33 bits per heavy atom. The van der Waals surface area contributed by atoms with E-state index < -0.39 is 24.1 Å². The summed E-state index contributed by atoms with van der Waals surface area (Å²) in [6.07, 6.45) is -0.815. The van der Waals surface area contributed by atoms with Crippen LogP contribution in [0.5, 0.6) is 0 Å². The van der Waals surface area contributed by atoms with Gasteiger partial charge in [-0.05, 0) is 12.8 Å². The fraction of sp³-hybridized carbons (Fsp3) is 0.727. The van der Waals surface area contributed by atoms with Gasteiger partial charge >= 0.3 is 11.9 Å². The molecule has 0 aromatic carbocycles. The fourth-order valence-corrected chi connectivity index (χ4v) is 1.72. The summed E-state index contributed by atoms with van der Waals surface area (Å²) in [6, 6.07) is 0. The second-order valence-corrected chi connectivity index (χ2v) is 4.11. The van der Waals surface area contributed by atoms with Crippen LogP contribution in [-0.2, 0) is 23.9 Å². The number of carbonyl (C=O) groups excluding carboxylic acids is 2. The zero-order chi connectivity index (χ0) is 13.7. The molecule has 0 unspecified atom stereocenters. The number of rotatable bonds is 5. The van der Waals surface area contributed by atoms with Crippen LogP contribution < -0.4 is 0 Å². The van der Waals surface area contributed by atoms with Gasteiger partial charge in [0.05, 0.1) is 13.5 Å². The molecule has 0 radical (unpaired) electrons. The maximum absolute atomic E-state index is 11.9. The van der Waals surface area contributed by atoms with Crippen molar-refractivity contribution in [2.75, 3.05) is 20.7 Å². The van der Waals surface area contributed by atoms with Crippen molar-refractivity contribution >= 4 is 17.8 Å². The van der Waals surface area contributed by atoms with Crippen molar-refractivity contribution in [2.45, 2.75) is 31.5 Å². The van der Waals surface area contributed by atoms with Gasteiger partial charge in [-0.2, -0.15) is 0 Å². The van der Waals surface area contributed by atoms with Crippen molar-refractivity contribution in [3.8, 4) is 0 Å². The van der Waals surface area contributed by atoms with Gasteiger partial charge in [-0.25, -0.2) is 4.79 Å². The molecule has 1 heterocycles. The Morgan fingerprint density at radius 2 is 1.94 bits per heavy atom. The molecule has 0 aliphatic carbocycles. The van der Waals surface area contributed by atoms with Crippen LogP contribution in [0.25, 0.3) is 0 Å². The first-order chi connectivity index (χ1) is 8.45. The lowest BCUT2D eigenvalue weighted by Crippen LogP contribution is -2.38. The highest BCUT2D eigenvalue weighted by atomic mass is 16.5. The van der Waals surface area contributed by atoms with Gasteiger partial charge in [0.25, 0.3) is 5.91 Å². The second kappa shape index (κ2) is 6.34. The van der Waals surface area contributed by atoms with Crippen molar-refractivity contribution in [1.82, 2.24) is 4.90 Å². The van der Waals surface area contributed by atoms with Crippen LogP contribution in [0.2, 0.25) is 0 Å². The third-order valence-electron chi connectivity index (χ3n) is 2.83. The fourth-order valence-electron chi connectivity index (χ4n) is 1.72. The van der Waals surface area contributed by atoms with Gasteiger partial charge in [-0.3, -0.25) is 9.59 Å². The molecule has 7 nitrogen and oxygen atoms in total. The van der Waals surface area contributed by atoms with Crippen LogP contribution in [0.1, 0.15) is 19.3 Å². The predicted octanol–water partition coefficient (Wildman–Crippen LogP) is -0.360. The standard InChI is InChI=1S/C11H17NO6/c1-12(6-5-9(13)17-2)10(14)7-3-4-8(18-7)11(15)16/h7-8H,3-6H2,1-2H3,(H,15,16)/t7-,8+/m0/s1. The zero-order valence-corrected chi connectivity index (χ0v) is 10.4. The molecule has 2 atom stereocenters. The van der Waals surface area contributed by atoms with Crippen LogP contribution >= 0.6 is 0 Å². The average Bonchev–Trinajstić information content (AvgIpc) is 2.84. The molecule has 102 valence electrons. The SMILES string of the molecule is COC(=O)CCN(C)C(=O)[C@@H]1CC[C@H](C(=O)O)O1. The number of nitrogens with zero attached hydrogens (tertiary/aromatic N) is 1. The summed E-state index contributed by atoms with van der Waals surface area (Å²) in [6.45, 7) is 0.225. The molecule has 1 amide bonds. The number of carbonyl (C=O) groups is 3. The lowest BCUT2D eigenvalue weighted by Gasteiger charge is -2.20. The number of amides is 1. The van der Waals surface area contributed by atoms with Gasteiger partial charge < -0.3 is 19.5 Å². The molecule has 0 spiro atoms. The van der Waals surface area contributed by atoms with Crippen LogP contribution in [0.15, 0.2) is 0 Å². The van der Waals surface area contributed by atoms with Crippen LogP contribution in [0.4, 0.5) is 0 Å². The number of hydrogen-bond donors (Lipinski definition) is 1. The van der Waals surface area contributed by atoms with E-state index in [1.807, 2.05) is 0 Å². The first-order valence-electron chi connectivity index (χ1n) is 5.65. The van der Waals surface area contributed by atoms with Crippen LogP contribution in [-0.4, -0.2) is 60.8 Å². The van der Waals surface area contributed by atoms with Gasteiger partial charge in [-0.1, -0.05) is 0 Å². The lowest BCUT2D eigenvalue weighted by atomic mass is 10.2. The van der Waals surface area contributed by atoms with Crippen molar-refractivity contribution in [3.63, 3.8) is 0 Å². The molecular formula is C11H17NO6. The Bertz CT molecular complexity index is 342. The van der Waals surface area contributed by atoms with E-state index >= 15 is 0 Å². The molecule has 0 aromatic rings. The third-order valence-corrected chi connectivity index (χ3v) is 2.83. The van der Waals surface area contributed by atoms with Crippen LogP contribution in [0, 0.1) is 0 Å². The van der Waals surface area contributed by atoms with E-state index in [1.54, 1.807) is 7.05 Å². The molecule has 0 bridgehead atoms. The first kappa shape index (κ1) is 14.4. The Kier molecular flexibility index (Phi) is 5.08. The third kappa shape index (κ3) is 3.69. The molecule has 18 heavy (non-hydrogen) atoms. The number of carboxylic acids is 1. The summed E-state index contributed by atoms with van der Waals surface area (Å²) in [5.41, 5.74) is 0. The second-order valence-electron chi connectivity index (χ2n) is 4.11. The Morgan fingerprint density at radius 3 is 2.44 bits per heavy atom. The van der Waals surface area contributed by atoms with E-state index in [0.29, 0.717) is 12.8 Å². The number of hydrogen-bond acceptors (Lipinski definition) is 5. The molecule has 1 saturated heterocycles. The number of likely N-dealkylation sites (N-methyl/N-ethyl adjacent to an activating group) is 1. The minimum Gasteiger partial charge on any atom is -0.479 e. The minimum atomic E-state index is -1.05. The number of methoxy groups -OCH3 is 1. The smallest absolute Gasteiger partial charge is 0.332 e. The Balaban J connectivity index is 2.40. The van der Waals surface area contributed by atoms with E-state index in [1.165, 1.54) is 12.0 Å². The quantitative estimate of drug-likeness (QED) is 0.678. The zero-order valence-electron chi connectivity index (χ0n) is 10.4. The number of ether oxygens (including phenoxy) is 2. The van der Waals surface area contributed by atoms with Crippen molar-refractivity contribution in [1.29, 1.82) is 0 Å². The largest absolute Gasteiger partial charge is 0.479 e. The highest BCUT2D eigenvalue weighted by Crippen LogP contribution is 2.21. The van der Waals surface area contributed by atoms with Gasteiger partial charge in [0.15, 0.2) is 6.10 Å². The van der Waals surface area contributed by atoms with Crippen molar-refractivity contribution < 1.29 is 29.0 Å². The molecule has 1 aliphatic rings. The maximum atomic E-state index is 11.9. The van der Waals surface area contributed by atoms with E-state index in [4.69, 9.17) is 9.84 Å². The Labute approximate surface area is 105 Å². The predicted molar refractivity (Wildman–Crippen MR) is 59.8 cm³/mol. The van der Waals surface area contributed by atoms with E-state index in [-0.39, 0.29) is 18.9 Å². The molecule has 0 saturated carbocycles. The summed E-state index contributed by atoms with van der Waals surface area (Å²) in [5, 5.41) is 8.75. The van der Waals surface area contributed by atoms with Crippen molar-refractivity contribution in [2.24, 2.45) is 0 Å². The molecule has 7 heteroatoms. The summed E-state index contributed by atoms with van der Waals surface area (Å²) < 4.78 is 9.60. The van der Waals surface area contributed by atoms with Gasteiger partial charge in [-0.15, -0.1) is 0 Å². The molecule has 0 aromatic heterocycles. The molecular weight excluding hydrogens is 242 g/mol. The lowest BCUT2D eigenvalue weighted by molar-refractivity contribution is -0.154. The van der Waals surface area contributed by atoms with E-state index in [0.717, 1.165) is 0 Å². The highest BCUT2D eigenvalue weighted by Gasteiger charge is 2.35. The topological polar surface area (TPSA) is 93.1 Å². The van der Waals surface area contributed by atoms with Crippen LogP contribution in [0.3, 0.4) is 0 Å². The molecule has 1 aliphatic heterocycles.